The molecule has 2 N–H and O–H groups in total. The van der Waals surface area contributed by atoms with Crippen molar-refractivity contribution in [1.82, 2.24) is 4.90 Å². The number of benzene rings is 1. The number of anilines is 1. The maximum atomic E-state index is 11.8. The molecule has 2 rings (SSSR count). The van der Waals surface area contributed by atoms with E-state index < -0.39 is 15.8 Å². The number of carboxylic acid groups (broad SMARTS) is 1. The minimum Gasteiger partial charge on any atom is -0.481 e. The van der Waals surface area contributed by atoms with E-state index in [2.05, 4.69) is 5.32 Å². The highest BCUT2D eigenvalue weighted by Crippen LogP contribution is 2.20. The molecular formula is C17H24N2O4S2. The second-order valence-corrected chi connectivity index (χ2v) is 8.87. The Morgan fingerprint density at radius 2 is 1.96 bits per heavy atom. The molecule has 1 aliphatic heterocycles. The molecule has 25 heavy (non-hydrogen) atoms. The Morgan fingerprint density at radius 1 is 1.24 bits per heavy atom. The third kappa shape index (κ3) is 6.62. The average Bonchev–Trinajstić information content (AvgIpc) is 2.91. The predicted molar refractivity (Wildman–Crippen MR) is 103 cm³/mol. The molecule has 1 atom stereocenters. The summed E-state index contributed by atoms with van der Waals surface area (Å²) in [5.74, 6) is -0.472. The highest BCUT2D eigenvalue weighted by Gasteiger charge is 2.33. The number of para-hydroxylation sites is 1. The van der Waals surface area contributed by atoms with E-state index in [4.69, 9.17) is 17.3 Å². The van der Waals surface area contributed by atoms with Gasteiger partial charge in [0.25, 0.3) is 0 Å². The molecule has 0 aromatic heterocycles. The molecular weight excluding hydrogens is 360 g/mol. The number of unbranched alkanes of at least 4 members (excludes halogenated alkanes) is 2. The van der Waals surface area contributed by atoms with Crippen LogP contribution in [0.5, 0.6) is 0 Å². The summed E-state index contributed by atoms with van der Waals surface area (Å²) < 4.78 is 23.6. The van der Waals surface area contributed by atoms with Gasteiger partial charge < -0.3 is 15.3 Å². The van der Waals surface area contributed by atoms with Crippen LogP contribution in [0.25, 0.3) is 0 Å². The zero-order valence-electron chi connectivity index (χ0n) is 14.1. The Bertz CT molecular complexity index is 692. The SMILES string of the molecule is O=C(O)CCCCCN(C(=S)Nc1ccccc1)[C@@H]1CCS(=O)(=O)C1. The molecule has 1 aliphatic rings. The zero-order chi connectivity index (χ0) is 18.3. The fourth-order valence-electron chi connectivity index (χ4n) is 2.92. The summed E-state index contributed by atoms with van der Waals surface area (Å²) in [4.78, 5) is 12.5. The van der Waals surface area contributed by atoms with Gasteiger partial charge in [0, 0.05) is 24.7 Å². The van der Waals surface area contributed by atoms with Crippen LogP contribution in [-0.2, 0) is 14.6 Å². The van der Waals surface area contributed by atoms with Crippen molar-refractivity contribution < 1.29 is 18.3 Å². The van der Waals surface area contributed by atoms with E-state index >= 15 is 0 Å². The molecule has 1 fully saturated rings. The monoisotopic (exact) mass is 384 g/mol. The summed E-state index contributed by atoms with van der Waals surface area (Å²) in [6, 6.07) is 9.42. The Balaban J connectivity index is 1.96. The van der Waals surface area contributed by atoms with Crippen molar-refractivity contribution in [1.29, 1.82) is 0 Å². The molecule has 0 saturated carbocycles. The van der Waals surface area contributed by atoms with Gasteiger partial charge in [-0.2, -0.15) is 0 Å². The highest BCUT2D eigenvalue weighted by molar-refractivity contribution is 7.91. The highest BCUT2D eigenvalue weighted by atomic mass is 32.2. The van der Waals surface area contributed by atoms with Crippen LogP contribution in [0.15, 0.2) is 30.3 Å². The van der Waals surface area contributed by atoms with Crippen LogP contribution in [0.3, 0.4) is 0 Å². The van der Waals surface area contributed by atoms with Crippen LogP contribution in [0.4, 0.5) is 5.69 Å². The Kier molecular flexibility index (Phi) is 7.19. The smallest absolute Gasteiger partial charge is 0.303 e. The number of carboxylic acids is 1. The first-order valence-corrected chi connectivity index (χ1v) is 10.7. The van der Waals surface area contributed by atoms with E-state index in [0.29, 0.717) is 24.5 Å². The molecule has 0 spiro atoms. The first-order valence-electron chi connectivity index (χ1n) is 8.42. The number of aliphatic carboxylic acids is 1. The lowest BCUT2D eigenvalue weighted by molar-refractivity contribution is -0.137. The number of sulfone groups is 1. The number of nitrogens with one attached hydrogen (secondary N) is 1. The lowest BCUT2D eigenvalue weighted by atomic mass is 10.1. The maximum absolute atomic E-state index is 11.8. The largest absolute Gasteiger partial charge is 0.481 e. The van der Waals surface area contributed by atoms with Crippen molar-refractivity contribution in [2.75, 3.05) is 23.4 Å². The van der Waals surface area contributed by atoms with Gasteiger partial charge in [0.15, 0.2) is 14.9 Å². The molecule has 1 heterocycles. The summed E-state index contributed by atoms with van der Waals surface area (Å²) in [6.45, 7) is 0.623. The summed E-state index contributed by atoms with van der Waals surface area (Å²) in [7, 11) is -3.00. The van der Waals surface area contributed by atoms with Crippen molar-refractivity contribution in [3.05, 3.63) is 30.3 Å². The van der Waals surface area contributed by atoms with Gasteiger partial charge in [-0.15, -0.1) is 0 Å². The van der Waals surface area contributed by atoms with Gasteiger partial charge >= 0.3 is 5.97 Å². The lowest BCUT2D eigenvalue weighted by Gasteiger charge is -2.31. The van der Waals surface area contributed by atoms with E-state index in [0.717, 1.165) is 18.5 Å². The number of hydrogen-bond acceptors (Lipinski definition) is 4. The van der Waals surface area contributed by atoms with Gasteiger partial charge in [-0.25, -0.2) is 8.42 Å². The standard InChI is InChI=1S/C17H24N2O4S2/c20-16(21)9-5-2-6-11-19(15-10-12-25(22,23)13-15)17(24)18-14-7-3-1-4-8-14/h1,3-4,7-8,15H,2,5-6,9-13H2,(H,18,24)(H,20,21)/t15-/m1/s1. The van der Waals surface area contributed by atoms with Crippen LogP contribution in [0.1, 0.15) is 32.1 Å². The van der Waals surface area contributed by atoms with Crippen molar-refractivity contribution in [2.24, 2.45) is 0 Å². The van der Waals surface area contributed by atoms with Crippen molar-refractivity contribution in [3.63, 3.8) is 0 Å². The molecule has 1 aromatic carbocycles. The summed E-state index contributed by atoms with van der Waals surface area (Å²) in [5.41, 5.74) is 0.865. The number of rotatable bonds is 8. The second-order valence-electron chi connectivity index (χ2n) is 6.25. The van der Waals surface area contributed by atoms with E-state index in [1.165, 1.54) is 0 Å². The van der Waals surface area contributed by atoms with Crippen molar-refractivity contribution in [2.45, 2.75) is 38.1 Å². The average molecular weight is 385 g/mol. The minimum atomic E-state index is -3.00. The molecule has 1 aromatic rings. The number of thiocarbonyl (C=S) groups is 1. The number of nitrogens with zero attached hydrogens (tertiary/aromatic N) is 1. The predicted octanol–water partition coefficient (Wildman–Crippen LogP) is 2.52. The lowest BCUT2D eigenvalue weighted by Crippen LogP contribution is -2.44. The quantitative estimate of drug-likeness (QED) is 0.526. The van der Waals surface area contributed by atoms with Crippen LogP contribution in [-0.4, -0.2) is 53.6 Å². The first-order chi connectivity index (χ1) is 11.9. The molecule has 8 heteroatoms. The molecule has 0 radical (unpaired) electrons. The summed E-state index contributed by atoms with van der Waals surface area (Å²) >= 11 is 5.51. The molecule has 1 saturated heterocycles. The Hall–Kier alpha value is -1.67. The van der Waals surface area contributed by atoms with Gasteiger partial charge in [-0.05, 0) is 43.6 Å². The minimum absolute atomic E-state index is 0.117. The van der Waals surface area contributed by atoms with E-state index in [-0.39, 0.29) is 24.0 Å². The molecule has 0 amide bonds. The third-order valence-corrected chi connectivity index (χ3v) is 6.31. The normalized spacial score (nSPS) is 18.6. The molecule has 0 bridgehead atoms. The van der Waals surface area contributed by atoms with Crippen LogP contribution in [0, 0.1) is 0 Å². The van der Waals surface area contributed by atoms with Crippen LogP contribution in [0.2, 0.25) is 0 Å². The van der Waals surface area contributed by atoms with E-state index in [1.807, 2.05) is 35.2 Å². The van der Waals surface area contributed by atoms with Crippen molar-refractivity contribution in [3.8, 4) is 0 Å². The fourth-order valence-corrected chi connectivity index (χ4v) is 5.01. The van der Waals surface area contributed by atoms with Crippen LogP contribution >= 0.6 is 12.2 Å². The maximum Gasteiger partial charge on any atom is 0.303 e. The fraction of sp³-hybridized carbons (Fsp3) is 0.529. The Morgan fingerprint density at radius 3 is 2.56 bits per heavy atom. The summed E-state index contributed by atoms with van der Waals surface area (Å²) in [5, 5.41) is 12.4. The van der Waals surface area contributed by atoms with Gasteiger partial charge in [0.05, 0.1) is 11.5 Å². The molecule has 0 unspecified atom stereocenters. The van der Waals surface area contributed by atoms with Gasteiger partial charge in [0.1, 0.15) is 0 Å². The zero-order valence-corrected chi connectivity index (χ0v) is 15.7. The summed E-state index contributed by atoms with van der Waals surface area (Å²) in [6.07, 6.45) is 2.90. The second kappa shape index (κ2) is 9.15. The molecule has 138 valence electrons. The third-order valence-electron chi connectivity index (χ3n) is 4.22. The van der Waals surface area contributed by atoms with E-state index in [1.54, 1.807) is 0 Å². The van der Waals surface area contributed by atoms with E-state index in [9.17, 15) is 13.2 Å². The Labute approximate surface area is 154 Å². The topological polar surface area (TPSA) is 86.7 Å². The number of carbonyl (C=O) groups is 1. The van der Waals surface area contributed by atoms with Crippen LogP contribution < -0.4 is 5.32 Å². The van der Waals surface area contributed by atoms with Gasteiger partial charge in [0.2, 0.25) is 0 Å². The van der Waals surface area contributed by atoms with Crippen molar-refractivity contribution >= 4 is 38.8 Å². The molecule has 6 nitrogen and oxygen atoms in total. The number of hydrogen-bond donors (Lipinski definition) is 2. The van der Waals surface area contributed by atoms with Gasteiger partial charge in [-0.1, -0.05) is 24.6 Å². The van der Waals surface area contributed by atoms with Gasteiger partial charge in [-0.3, -0.25) is 4.79 Å². The molecule has 0 aliphatic carbocycles. The first kappa shape index (κ1) is 19.7.